The van der Waals surface area contributed by atoms with E-state index in [9.17, 15) is 4.79 Å². The van der Waals surface area contributed by atoms with Gasteiger partial charge in [0.15, 0.2) is 0 Å². The quantitative estimate of drug-likeness (QED) is 0.944. The van der Waals surface area contributed by atoms with Crippen molar-refractivity contribution in [3.8, 4) is 5.69 Å². The summed E-state index contributed by atoms with van der Waals surface area (Å²) in [6, 6.07) is 5.81. The van der Waals surface area contributed by atoms with Gasteiger partial charge >= 0.3 is 5.97 Å². The molecular weight excluding hydrogens is 298 g/mol. The lowest BCUT2D eigenvalue weighted by Gasteiger charge is -2.08. The maximum Gasteiger partial charge on any atom is 0.309 e. The molecule has 1 aromatic carbocycles. The number of halogens is 1. The van der Waals surface area contributed by atoms with Crippen molar-refractivity contribution in [3.63, 3.8) is 0 Å². The predicted molar refractivity (Wildman–Crippen MR) is 69.9 cm³/mol. The summed E-state index contributed by atoms with van der Waals surface area (Å²) in [6.45, 7) is 3.80. The van der Waals surface area contributed by atoms with E-state index in [2.05, 4.69) is 26.2 Å². The van der Waals surface area contributed by atoms with Gasteiger partial charge in [0.05, 0.1) is 23.5 Å². The molecule has 1 heterocycles. The van der Waals surface area contributed by atoms with E-state index in [0.29, 0.717) is 5.69 Å². The topological polar surface area (TPSA) is 68.0 Å². The van der Waals surface area contributed by atoms with Gasteiger partial charge in [-0.2, -0.15) is 0 Å². The Balaban J connectivity index is 2.49. The molecule has 0 saturated carbocycles. The third-order valence-electron chi connectivity index (χ3n) is 2.71. The van der Waals surface area contributed by atoms with Gasteiger partial charge in [0.2, 0.25) is 0 Å². The van der Waals surface area contributed by atoms with Crippen LogP contribution in [0.15, 0.2) is 22.7 Å². The zero-order valence-corrected chi connectivity index (χ0v) is 11.6. The van der Waals surface area contributed by atoms with Crippen molar-refractivity contribution >= 4 is 21.9 Å². The average Bonchev–Trinajstić information content (AvgIpc) is 2.64. The van der Waals surface area contributed by atoms with Crippen molar-refractivity contribution in [2.75, 3.05) is 0 Å². The van der Waals surface area contributed by atoms with E-state index >= 15 is 0 Å². The number of carboxylic acids is 1. The number of aromatic nitrogens is 3. The minimum Gasteiger partial charge on any atom is -0.481 e. The van der Waals surface area contributed by atoms with Crippen molar-refractivity contribution in [3.05, 3.63) is 39.6 Å². The number of aliphatic carboxylic acids is 1. The third-order valence-corrected chi connectivity index (χ3v) is 3.74. The molecule has 0 fully saturated rings. The zero-order valence-electron chi connectivity index (χ0n) is 10.0. The van der Waals surface area contributed by atoms with E-state index in [-0.39, 0.29) is 6.42 Å². The van der Waals surface area contributed by atoms with Crippen LogP contribution in [-0.2, 0) is 11.2 Å². The third kappa shape index (κ3) is 2.28. The Morgan fingerprint density at radius 1 is 1.44 bits per heavy atom. The molecule has 0 aliphatic heterocycles. The molecular formula is C12H12BrN3O2. The van der Waals surface area contributed by atoms with E-state index < -0.39 is 5.97 Å². The Labute approximate surface area is 113 Å². The second kappa shape index (κ2) is 4.89. The van der Waals surface area contributed by atoms with Crippen LogP contribution in [-0.4, -0.2) is 26.1 Å². The van der Waals surface area contributed by atoms with Crippen molar-refractivity contribution in [2.45, 2.75) is 20.3 Å². The summed E-state index contributed by atoms with van der Waals surface area (Å²) in [4.78, 5) is 10.7. The number of rotatable bonds is 3. The lowest BCUT2D eigenvalue weighted by atomic mass is 10.2. The van der Waals surface area contributed by atoms with Crippen LogP contribution in [0.2, 0.25) is 0 Å². The molecule has 5 nitrogen and oxygen atoms in total. The lowest BCUT2D eigenvalue weighted by molar-refractivity contribution is -0.136. The molecule has 0 aliphatic carbocycles. The standard InChI is InChI=1S/C12H12BrN3O2/c1-7-4-3-5-10(12(7)13)16-8(2)9(14-15-16)6-11(17)18/h3-5H,6H2,1-2H3,(H,17,18). The first-order valence-electron chi connectivity index (χ1n) is 5.39. The Hall–Kier alpha value is -1.69. The summed E-state index contributed by atoms with van der Waals surface area (Å²) < 4.78 is 2.58. The van der Waals surface area contributed by atoms with Crippen molar-refractivity contribution in [2.24, 2.45) is 0 Å². The Morgan fingerprint density at radius 2 is 2.17 bits per heavy atom. The van der Waals surface area contributed by atoms with E-state index in [1.165, 1.54) is 0 Å². The molecule has 1 aromatic heterocycles. The fourth-order valence-electron chi connectivity index (χ4n) is 1.69. The first-order valence-corrected chi connectivity index (χ1v) is 6.18. The van der Waals surface area contributed by atoms with Crippen LogP contribution in [0.25, 0.3) is 5.69 Å². The zero-order chi connectivity index (χ0) is 13.3. The highest BCUT2D eigenvalue weighted by Crippen LogP contribution is 2.25. The fourth-order valence-corrected chi connectivity index (χ4v) is 2.12. The SMILES string of the molecule is Cc1cccc(-n2nnc(CC(=O)O)c2C)c1Br. The number of benzene rings is 1. The summed E-state index contributed by atoms with van der Waals surface area (Å²) in [5.41, 5.74) is 3.17. The van der Waals surface area contributed by atoms with Crippen molar-refractivity contribution in [1.29, 1.82) is 0 Å². The summed E-state index contributed by atoms with van der Waals surface area (Å²) in [7, 11) is 0. The highest BCUT2D eigenvalue weighted by atomic mass is 79.9. The van der Waals surface area contributed by atoms with Gasteiger partial charge in [-0.05, 0) is 41.4 Å². The van der Waals surface area contributed by atoms with Gasteiger partial charge in [-0.25, -0.2) is 4.68 Å². The van der Waals surface area contributed by atoms with Gasteiger partial charge < -0.3 is 5.11 Å². The van der Waals surface area contributed by atoms with Gasteiger partial charge in [-0.3, -0.25) is 4.79 Å². The summed E-state index contributed by atoms with van der Waals surface area (Å²) in [5, 5.41) is 16.7. The summed E-state index contributed by atoms with van der Waals surface area (Å²) in [6.07, 6.45) is -0.116. The van der Waals surface area contributed by atoms with Crippen molar-refractivity contribution < 1.29 is 9.90 Å². The van der Waals surface area contributed by atoms with Crippen LogP contribution in [0.1, 0.15) is 17.0 Å². The fraction of sp³-hybridized carbons (Fsp3) is 0.250. The summed E-state index contributed by atoms with van der Waals surface area (Å²) >= 11 is 3.51. The molecule has 6 heteroatoms. The maximum absolute atomic E-state index is 10.7. The van der Waals surface area contributed by atoms with Crippen LogP contribution >= 0.6 is 15.9 Å². The average molecular weight is 310 g/mol. The number of hydrogen-bond acceptors (Lipinski definition) is 3. The van der Waals surface area contributed by atoms with Crippen LogP contribution in [0, 0.1) is 13.8 Å². The number of carboxylic acid groups (broad SMARTS) is 1. The van der Waals surface area contributed by atoms with Gasteiger partial charge in [-0.1, -0.05) is 17.3 Å². The molecule has 2 rings (SSSR count). The Kier molecular flexibility index (Phi) is 3.47. The maximum atomic E-state index is 10.7. The van der Waals surface area contributed by atoms with Crippen LogP contribution in [0.5, 0.6) is 0 Å². The molecule has 94 valence electrons. The minimum absolute atomic E-state index is 0.116. The molecule has 1 N–H and O–H groups in total. The van der Waals surface area contributed by atoms with Crippen LogP contribution in [0.4, 0.5) is 0 Å². The minimum atomic E-state index is -0.909. The molecule has 2 aromatic rings. The molecule has 18 heavy (non-hydrogen) atoms. The lowest BCUT2D eigenvalue weighted by Crippen LogP contribution is -2.04. The Bertz CT molecular complexity index is 607. The smallest absolute Gasteiger partial charge is 0.309 e. The van der Waals surface area contributed by atoms with Gasteiger partial charge in [0.25, 0.3) is 0 Å². The number of aryl methyl sites for hydroxylation is 1. The van der Waals surface area contributed by atoms with Gasteiger partial charge in [0.1, 0.15) is 0 Å². The molecule has 0 aliphatic rings. The second-order valence-corrected chi connectivity index (χ2v) is 4.80. The molecule has 0 bridgehead atoms. The second-order valence-electron chi connectivity index (χ2n) is 4.01. The molecule has 0 unspecified atom stereocenters. The van der Waals surface area contributed by atoms with E-state index in [1.54, 1.807) is 4.68 Å². The molecule has 0 atom stereocenters. The van der Waals surface area contributed by atoms with E-state index in [0.717, 1.165) is 21.4 Å². The predicted octanol–water partition coefficient (Wildman–Crippen LogP) is 2.27. The number of nitrogens with zero attached hydrogens (tertiary/aromatic N) is 3. The first kappa shape index (κ1) is 12.8. The number of hydrogen-bond donors (Lipinski definition) is 1. The monoisotopic (exact) mass is 309 g/mol. The van der Waals surface area contributed by atoms with Crippen molar-refractivity contribution in [1.82, 2.24) is 15.0 Å². The molecule has 0 amide bonds. The van der Waals surface area contributed by atoms with E-state index in [1.807, 2.05) is 32.0 Å². The summed E-state index contributed by atoms with van der Waals surface area (Å²) in [5.74, 6) is -0.909. The molecule has 0 saturated heterocycles. The van der Waals surface area contributed by atoms with Crippen LogP contribution < -0.4 is 0 Å². The highest BCUT2D eigenvalue weighted by Gasteiger charge is 2.14. The first-order chi connectivity index (χ1) is 8.50. The Morgan fingerprint density at radius 3 is 2.83 bits per heavy atom. The molecule has 0 radical (unpaired) electrons. The largest absolute Gasteiger partial charge is 0.481 e. The normalized spacial score (nSPS) is 10.6. The van der Waals surface area contributed by atoms with Gasteiger partial charge in [-0.15, -0.1) is 5.10 Å². The molecule has 0 spiro atoms. The van der Waals surface area contributed by atoms with E-state index in [4.69, 9.17) is 5.11 Å². The van der Waals surface area contributed by atoms with Gasteiger partial charge in [0, 0.05) is 4.47 Å². The highest BCUT2D eigenvalue weighted by molar-refractivity contribution is 9.10. The van der Waals surface area contributed by atoms with Crippen LogP contribution in [0.3, 0.4) is 0 Å². The number of carbonyl (C=O) groups is 1.